The summed E-state index contributed by atoms with van der Waals surface area (Å²) >= 11 is 0. The van der Waals surface area contributed by atoms with E-state index in [2.05, 4.69) is 0 Å². The summed E-state index contributed by atoms with van der Waals surface area (Å²) in [6, 6.07) is 6.93. The van der Waals surface area contributed by atoms with Gasteiger partial charge in [0.1, 0.15) is 24.4 Å². The third-order valence-corrected chi connectivity index (χ3v) is 8.75. The third kappa shape index (κ3) is 4.26. The van der Waals surface area contributed by atoms with Gasteiger partial charge >= 0.3 is 5.97 Å². The Morgan fingerprint density at radius 1 is 0.881 bits per heavy atom. The highest BCUT2D eigenvalue weighted by atomic mass is 16.8. The number of hydrogen-bond donors (Lipinski definition) is 3. The highest BCUT2D eigenvalue weighted by Gasteiger charge is 2.56. The number of benzene rings is 2. The Labute approximate surface area is 240 Å². The summed E-state index contributed by atoms with van der Waals surface area (Å²) in [5, 5.41) is 32.5. The number of aliphatic hydroxyl groups excluding tert-OH is 2. The number of fused-ring (bicyclic) bond motifs is 4. The smallest absolute Gasteiger partial charge is 0.310 e. The maximum Gasteiger partial charge on any atom is 0.310 e. The first kappa shape index (κ1) is 27.5. The molecule has 226 valence electrons. The number of rotatable bonds is 5. The minimum Gasteiger partial charge on any atom is -0.502 e. The first-order chi connectivity index (χ1) is 20.3. The monoisotopic (exact) mass is 588 g/mol. The van der Waals surface area contributed by atoms with Gasteiger partial charge in [-0.2, -0.15) is 0 Å². The molecule has 2 aromatic rings. The molecule has 7 rings (SSSR count). The normalized spacial score (nSPS) is 36.5. The van der Waals surface area contributed by atoms with E-state index in [1.165, 1.54) is 14.2 Å². The fourth-order valence-corrected chi connectivity index (χ4v) is 6.74. The van der Waals surface area contributed by atoms with E-state index in [1.807, 2.05) is 0 Å². The largest absolute Gasteiger partial charge is 0.502 e. The standard InChI is InChI=1S/C29H32O13/c1-11-36-9-20-27(40-11)24(31)25(32)29(41-20)42-26-14-7-17-16(38-10-39-17)6-13(14)21(22-15(26)8-37-28(22)33)12-4-18(34-2)23(30)19(5-12)35-3/h4-7,11,15,20-22,24-27,29-32H,8-10H2,1-3H3/t11-,15+,20+,21+,22+,24+,25-,26-,27-,29-/m0/s1. The van der Waals surface area contributed by atoms with Crippen molar-refractivity contribution in [2.75, 3.05) is 34.2 Å². The predicted molar refractivity (Wildman–Crippen MR) is 138 cm³/mol. The van der Waals surface area contributed by atoms with Crippen molar-refractivity contribution in [3.05, 3.63) is 41.0 Å². The second kappa shape index (κ2) is 10.4. The Balaban J connectivity index is 1.32. The van der Waals surface area contributed by atoms with Crippen LogP contribution in [0.25, 0.3) is 0 Å². The van der Waals surface area contributed by atoms with Crippen molar-refractivity contribution in [1.29, 1.82) is 0 Å². The van der Waals surface area contributed by atoms with E-state index in [1.54, 1.807) is 31.2 Å². The second-order valence-electron chi connectivity index (χ2n) is 11.0. The van der Waals surface area contributed by atoms with Gasteiger partial charge in [-0.25, -0.2) is 0 Å². The fourth-order valence-electron chi connectivity index (χ4n) is 6.74. The van der Waals surface area contributed by atoms with Gasteiger partial charge in [-0.1, -0.05) is 0 Å². The molecule has 0 bridgehead atoms. The zero-order valence-corrected chi connectivity index (χ0v) is 23.1. The summed E-state index contributed by atoms with van der Waals surface area (Å²) in [5.74, 6) is -1.02. The number of carbonyl (C=O) groups is 1. The van der Waals surface area contributed by atoms with Crippen molar-refractivity contribution >= 4 is 5.97 Å². The zero-order valence-electron chi connectivity index (χ0n) is 23.1. The van der Waals surface area contributed by atoms with Gasteiger partial charge in [-0.05, 0) is 47.9 Å². The Kier molecular flexibility index (Phi) is 6.83. The molecule has 0 amide bonds. The number of aliphatic hydroxyl groups is 2. The van der Waals surface area contributed by atoms with Gasteiger partial charge in [0.05, 0.1) is 39.5 Å². The van der Waals surface area contributed by atoms with Crippen LogP contribution in [0.5, 0.6) is 28.7 Å². The molecule has 2 aromatic carbocycles. The first-order valence-corrected chi connectivity index (χ1v) is 13.8. The van der Waals surface area contributed by atoms with Crippen LogP contribution in [0.4, 0.5) is 0 Å². The summed E-state index contributed by atoms with van der Waals surface area (Å²) in [7, 11) is 2.86. The lowest BCUT2D eigenvalue weighted by Crippen LogP contribution is -2.63. The number of aromatic hydroxyl groups is 1. The van der Waals surface area contributed by atoms with Crippen LogP contribution in [0.15, 0.2) is 24.3 Å². The van der Waals surface area contributed by atoms with Crippen LogP contribution in [-0.4, -0.2) is 92.5 Å². The topological polar surface area (TPSA) is 161 Å². The van der Waals surface area contributed by atoms with Crippen LogP contribution in [-0.2, 0) is 28.5 Å². The maximum atomic E-state index is 13.4. The quantitative estimate of drug-likeness (QED) is 0.430. The van der Waals surface area contributed by atoms with Gasteiger partial charge in [-0.15, -0.1) is 0 Å². The molecule has 4 aliphatic heterocycles. The Bertz CT molecular complexity index is 1350. The summed E-state index contributed by atoms with van der Waals surface area (Å²) < 4.78 is 51.5. The van der Waals surface area contributed by atoms with E-state index < -0.39 is 66.8 Å². The number of esters is 1. The number of phenolic OH excluding ortho intramolecular Hbond substituents is 1. The van der Waals surface area contributed by atoms with Crippen molar-refractivity contribution in [2.45, 2.75) is 55.9 Å². The van der Waals surface area contributed by atoms with E-state index in [4.69, 9.17) is 42.6 Å². The van der Waals surface area contributed by atoms with Gasteiger partial charge in [-0.3, -0.25) is 4.79 Å². The van der Waals surface area contributed by atoms with Crippen molar-refractivity contribution in [2.24, 2.45) is 11.8 Å². The molecule has 0 spiro atoms. The van der Waals surface area contributed by atoms with Gasteiger partial charge in [0, 0.05) is 11.8 Å². The molecule has 0 aromatic heterocycles. The molecule has 3 fully saturated rings. The number of ether oxygens (including phenoxy) is 9. The summed E-state index contributed by atoms with van der Waals surface area (Å²) in [6.07, 6.45) is -6.80. The molecule has 42 heavy (non-hydrogen) atoms. The molecule has 3 N–H and O–H groups in total. The summed E-state index contributed by atoms with van der Waals surface area (Å²) in [5.41, 5.74) is 2.01. The molecule has 5 aliphatic rings. The Hall–Kier alpha value is -3.33. The van der Waals surface area contributed by atoms with E-state index in [-0.39, 0.29) is 37.3 Å². The van der Waals surface area contributed by atoms with E-state index in [9.17, 15) is 20.1 Å². The highest BCUT2D eigenvalue weighted by Crippen LogP contribution is 2.57. The van der Waals surface area contributed by atoms with Crippen LogP contribution in [0.3, 0.4) is 0 Å². The molecule has 13 heteroatoms. The van der Waals surface area contributed by atoms with Gasteiger partial charge in [0.25, 0.3) is 0 Å². The molecule has 3 saturated heterocycles. The lowest BCUT2D eigenvalue weighted by atomic mass is 9.66. The number of phenols is 1. The predicted octanol–water partition coefficient (Wildman–Crippen LogP) is 1.34. The molecule has 0 saturated carbocycles. The minimum absolute atomic E-state index is 0.0301. The minimum atomic E-state index is -1.44. The molecule has 10 atom stereocenters. The van der Waals surface area contributed by atoms with Gasteiger partial charge in [0.15, 0.2) is 35.6 Å². The fraction of sp³-hybridized carbons (Fsp3) is 0.552. The molecular weight excluding hydrogens is 556 g/mol. The maximum absolute atomic E-state index is 13.4. The van der Waals surface area contributed by atoms with E-state index >= 15 is 0 Å². The second-order valence-corrected chi connectivity index (χ2v) is 11.0. The Morgan fingerprint density at radius 2 is 1.57 bits per heavy atom. The molecule has 4 heterocycles. The number of methoxy groups -OCH3 is 2. The summed E-state index contributed by atoms with van der Waals surface area (Å²) in [6.45, 7) is 1.93. The van der Waals surface area contributed by atoms with Crippen molar-refractivity contribution in [3.63, 3.8) is 0 Å². The molecular formula is C29H32O13. The van der Waals surface area contributed by atoms with Crippen LogP contribution in [0.2, 0.25) is 0 Å². The van der Waals surface area contributed by atoms with E-state index in [0.29, 0.717) is 28.2 Å². The first-order valence-electron chi connectivity index (χ1n) is 13.8. The molecule has 0 radical (unpaired) electrons. The third-order valence-electron chi connectivity index (χ3n) is 8.75. The zero-order chi connectivity index (χ0) is 29.3. The van der Waals surface area contributed by atoms with Crippen LogP contribution < -0.4 is 18.9 Å². The Morgan fingerprint density at radius 3 is 2.26 bits per heavy atom. The van der Waals surface area contributed by atoms with Crippen LogP contribution in [0.1, 0.15) is 35.6 Å². The van der Waals surface area contributed by atoms with E-state index in [0.717, 1.165) is 0 Å². The van der Waals surface area contributed by atoms with Crippen molar-refractivity contribution in [1.82, 2.24) is 0 Å². The number of cyclic esters (lactones) is 1. The lowest BCUT2D eigenvalue weighted by Gasteiger charge is -2.47. The number of hydrogen-bond acceptors (Lipinski definition) is 13. The van der Waals surface area contributed by atoms with Gasteiger partial charge < -0.3 is 58.0 Å². The molecule has 1 aliphatic carbocycles. The van der Waals surface area contributed by atoms with Crippen LogP contribution in [0, 0.1) is 11.8 Å². The lowest BCUT2D eigenvalue weighted by molar-refractivity contribution is -0.364. The average molecular weight is 589 g/mol. The molecule has 13 nitrogen and oxygen atoms in total. The molecule has 0 unspecified atom stereocenters. The van der Waals surface area contributed by atoms with Gasteiger partial charge in [0.2, 0.25) is 12.5 Å². The average Bonchev–Trinajstić information content (AvgIpc) is 3.61. The summed E-state index contributed by atoms with van der Waals surface area (Å²) in [4.78, 5) is 13.4. The van der Waals surface area contributed by atoms with Crippen LogP contribution >= 0.6 is 0 Å². The van der Waals surface area contributed by atoms with Crippen molar-refractivity contribution in [3.8, 4) is 28.7 Å². The number of carbonyl (C=O) groups excluding carboxylic acids is 1. The highest BCUT2D eigenvalue weighted by molar-refractivity contribution is 5.79. The van der Waals surface area contributed by atoms with Crippen molar-refractivity contribution < 1.29 is 62.7 Å². The SMILES string of the molecule is COc1cc([C@@H]2c3cc4c(cc3[C@H](O[C@@H]3O[C@@H]5CO[C@H](C)O[C@@H]5[C@H](O)[C@@H]3O)[C@@H]3COC(=O)[C@@H]23)OCO4)cc(OC)c1O.